The summed E-state index contributed by atoms with van der Waals surface area (Å²) in [6, 6.07) is 12.0. The van der Waals surface area contributed by atoms with E-state index < -0.39 is 0 Å². The number of carbonyl (C=O) groups excluding carboxylic acids is 1. The van der Waals surface area contributed by atoms with Gasteiger partial charge in [-0.15, -0.1) is 0 Å². The minimum Gasteiger partial charge on any atom is -0.508 e. The van der Waals surface area contributed by atoms with Gasteiger partial charge in [-0.3, -0.25) is 4.79 Å². The highest BCUT2D eigenvalue weighted by atomic mass is 79.9. The molecule has 0 aliphatic rings. The van der Waals surface area contributed by atoms with E-state index in [1.165, 1.54) is 6.21 Å². The average Bonchev–Trinajstić information content (AvgIpc) is 2.49. The Morgan fingerprint density at radius 1 is 1.36 bits per heavy atom. The maximum Gasteiger partial charge on any atom is 0.244 e. The Hall–Kier alpha value is -2.34. The molecule has 0 radical (unpaired) electrons. The molecule has 0 unspecified atom stereocenters. The molecule has 0 bridgehead atoms. The van der Waals surface area contributed by atoms with Crippen LogP contribution in [-0.4, -0.2) is 24.3 Å². The fourth-order valence-electron chi connectivity index (χ4n) is 1.81. The Morgan fingerprint density at radius 2 is 2.18 bits per heavy atom. The van der Waals surface area contributed by atoms with Gasteiger partial charge in [0.25, 0.3) is 0 Å². The van der Waals surface area contributed by atoms with E-state index >= 15 is 0 Å². The summed E-state index contributed by atoms with van der Waals surface area (Å²) in [4.78, 5) is 11.8. The smallest absolute Gasteiger partial charge is 0.244 e. The van der Waals surface area contributed by atoms with Crippen LogP contribution in [0.1, 0.15) is 11.1 Å². The number of aromatic hydroxyl groups is 1. The standard InChI is InChI=1S/C16H15BrN2O3/c1-22-14-5-6-15(17)12(9-14)10-18-19-16(21)8-11-3-2-4-13(20)7-11/h2-7,9-10,20H,8H2,1H3,(H,19,21). The zero-order valence-corrected chi connectivity index (χ0v) is 13.5. The zero-order valence-electron chi connectivity index (χ0n) is 11.9. The molecule has 22 heavy (non-hydrogen) atoms. The molecule has 6 heteroatoms. The van der Waals surface area contributed by atoms with Gasteiger partial charge < -0.3 is 9.84 Å². The van der Waals surface area contributed by atoms with E-state index in [1.807, 2.05) is 12.1 Å². The third kappa shape index (κ3) is 4.60. The molecule has 114 valence electrons. The van der Waals surface area contributed by atoms with Gasteiger partial charge in [0, 0.05) is 10.0 Å². The number of phenols is 1. The van der Waals surface area contributed by atoms with Gasteiger partial charge in [-0.2, -0.15) is 5.10 Å². The van der Waals surface area contributed by atoms with E-state index in [-0.39, 0.29) is 18.1 Å². The predicted octanol–water partition coefficient (Wildman–Crippen LogP) is 2.86. The number of nitrogens with zero attached hydrogens (tertiary/aromatic N) is 1. The van der Waals surface area contributed by atoms with Crippen LogP contribution in [0.4, 0.5) is 0 Å². The number of ether oxygens (including phenoxy) is 1. The van der Waals surface area contributed by atoms with Crippen LogP contribution < -0.4 is 10.2 Å². The van der Waals surface area contributed by atoms with Crippen LogP contribution in [0.3, 0.4) is 0 Å². The number of rotatable bonds is 5. The van der Waals surface area contributed by atoms with Crippen molar-refractivity contribution in [2.75, 3.05) is 7.11 Å². The molecular formula is C16H15BrN2O3. The molecule has 0 aromatic heterocycles. The third-order valence-electron chi connectivity index (χ3n) is 2.87. The maximum absolute atomic E-state index is 11.8. The SMILES string of the molecule is COc1ccc(Br)c(C=NNC(=O)Cc2cccc(O)c2)c1. The maximum atomic E-state index is 11.8. The fourth-order valence-corrected chi connectivity index (χ4v) is 2.16. The molecule has 0 saturated carbocycles. The second-order valence-corrected chi connectivity index (χ2v) is 5.38. The summed E-state index contributed by atoms with van der Waals surface area (Å²) in [6.07, 6.45) is 1.68. The van der Waals surface area contributed by atoms with Crippen LogP contribution in [0.5, 0.6) is 11.5 Å². The number of hydrogen-bond donors (Lipinski definition) is 2. The first kappa shape index (κ1) is 16.0. The number of phenolic OH excluding ortho intramolecular Hbond substituents is 1. The van der Waals surface area contributed by atoms with E-state index in [1.54, 1.807) is 37.4 Å². The topological polar surface area (TPSA) is 70.9 Å². The molecule has 2 rings (SSSR count). The fraction of sp³-hybridized carbons (Fsp3) is 0.125. The highest BCUT2D eigenvalue weighted by molar-refractivity contribution is 9.10. The van der Waals surface area contributed by atoms with Crippen molar-refractivity contribution in [2.24, 2.45) is 5.10 Å². The molecule has 2 aromatic rings. The largest absolute Gasteiger partial charge is 0.508 e. The molecule has 2 aromatic carbocycles. The molecule has 1 amide bonds. The minimum absolute atomic E-state index is 0.133. The Bertz CT molecular complexity index is 702. The van der Waals surface area contributed by atoms with Gasteiger partial charge in [-0.05, 0) is 35.9 Å². The van der Waals surface area contributed by atoms with Crippen molar-refractivity contribution < 1.29 is 14.6 Å². The lowest BCUT2D eigenvalue weighted by Gasteiger charge is -2.03. The average molecular weight is 363 g/mol. The van der Waals surface area contributed by atoms with Crippen molar-refractivity contribution in [1.82, 2.24) is 5.43 Å². The lowest BCUT2D eigenvalue weighted by Crippen LogP contribution is -2.19. The number of hydrazone groups is 1. The second kappa shape index (κ2) is 7.61. The first-order valence-corrected chi connectivity index (χ1v) is 7.31. The van der Waals surface area contributed by atoms with Gasteiger partial charge in [0.05, 0.1) is 19.7 Å². The summed E-state index contributed by atoms with van der Waals surface area (Å²) in [7, 11) is 1.58. The summed E-state index contributed by atoms with van der Waals surface area (Å²) >= 11 is 3.40. The van der Waals surface area contributed by atoms with Gasteiger partial charge in [-0.25, -0.2) is 5.43 Å². The van der Waals surface area contributed by atoms with Crippen LogP contribution >= 0.6 is 15.9 Å². The summed E-state index contributed by atoms with van der Waals surface area (Å²) < 4.78 is 5.98. The molecule has 0 heterocycles. The number of amides is 1. The molecule has 0 aliphatic heterocycles. The first-order valence-electron chi connectivity index (χ1n) is 6.52. The molecule has 2 N–H and O–H groups in total. The Kier molecular flexibility index (Phi) is 5.55. The van der Waals surface area contributed by atoms with Crippen molar-refractivity contribution in [3.05, 3.63) is 58.1 Å². The molecule has 0 aliphatic carbocycles. The second-order valence-electron chi connectivity index (χ2n) is 4.53. The highest BCUT2D eigenvalue weighted by Crippen LogP contribution is 2.20. The number of hydrogen-bond acceptors (Lipinski definition) is 4. The Labute approximate surface area is 136 Å². The van der Waals surface area contributed by atoms with Crippen LogP contribution in [0.2, 0.25) is 0 Å². The molecule has 0 atom stereocenters. The number of benzene rings is 2. The Morgan fingerprint density at radius 3 is 2.91 bits per heavy atom. The lowest BCUT2D eigenvalue weighted by atomic mass is 10.1. The van der Waals surface area contributed by atoms with Gasteiger partial charge in [-0.1, -0.05) is 28.1 Å². The van der Waals surface area contributed by atoms with Crippen molar-refractivity contribution in [2.45, 2.75) is 6.42 Å². The predicted molar refractivity (Wildman–Crippen MR) is 88.2 cm³/mol. The molecule has 0 fully saturated rings. The number of carbonyl (C=O) groups is 1. The monoisotopic (exact) mass is 362 g/mol. The van der Waals surface area contributed by atoms with Gasteiger partial charge in [0.1, 0.15) is 11.5 Å². The summed E-state index contributed by atoms with van der Waals surface area (Å²) in [5, 5.41) is 13.3. The van der Waals surface area contributed by atoms with Crippen molar-refractivity contribution >= 4 is 28.1 Å². The van der Waals surface area contributed by atoms with Gasteiger partial charge in [0.2, 0.25) is 5.91 Å². The zero-order chi connectivity index (χ0) is 15.9. The van der Waals surface area contributed by atoms with Crippen LogP contribution in [0, 0.1) is 0 Å². The summed E-state index contributed by atoms with van der Waals surface area (Å²) in [5.41, 5.74) is 3.96. The third-order valence-corrected chi connectivity index (χ3v) is 3.59. The van der Waals surface area contributed by atoms with Crippen molar-refractivity contribution in [3.8, 4) is 11.5 Å². The van der Waals surface area contributed by atoms with Crippen LogP contribution in [0.25, 0.3) is 0 Å². The van der Waals surface area contributed by atoms with Gasteiger partial charge in [0.15, 0.2) is 0 Å². The minimum atomic E-state index is -0.263. The Balaban J connectivity index is 1.96. The van der Waals surface area contributed by atoms with Gasteiger partial charge >= 0.3 is 0 Å². The number of halogens is 1. The number of methoxy groups -OCH3 is 1. The van der Waals surface area contributed by atoms with E-state index in [4.69, 9.17) is 4.74 Å². The summed E-state index contributed by atoms with van der Waals surface area (Å²) in [5.74, 6) is 0.575. The molecular weight excluding hydrogens is 348 g/mol. The highest BCUT2D eigenvalue weighted by Gasteiger charge is 2.03. The first-order chi connectivity index (χ1) is 10.6. The van der Waals surface area contributed by atoms with E-state index in [0.29, 0.717) is 5.75 Å². The number of nitrogens with one attached hydrogen (secondary N) is 1. The summed E-state index contributed by atoms with van der Waals surface area (Å²) in [6.45, 7) is 0. The van der Waals surface area contributed by atoms with E-state index in [2.05, 4.69) is 26.5 Å². The normalized spacial score (nSPS) is 10.6. The molecule has 5 nitrogen and oxygen atoms in total. The quantitative estimate of drug-likeness (QED) is 0.634. The lowest BCUT2D eigenvalue weighted by molar-refractivity contribution is -0.120. The van der Waals surface area contributed by atoms with Crippen molar-refractivity contribution in [3.63, 3.8) is 0 Å². The van der Waals surface area contributed by atoms with E-state index in [0.717, 1.165) is 15.6 Å². The van der Waals surface area contributed by atoms with E-state index in [9.17, 15) is 9.90 Å². The van der Waals surface area contributed by atoms with Crippen molar-refractivity contribution in [1.29, 1.82) is 0 Å². The molecule has 0 spiro atoms. The molecule has 0 saturated heterocycles. The van der Waals surface area contributed by atoms with Crippen LogP contribution in [0.15, 0.2) is 52.0 Å². The van der Waals surface area contributed by atoms with Crippen LogP contribution in [-0.2, 0) is 11.2 Å².